The smallest absolute Gasteiger partial charge is 0.416 e. The van der Waals surface area contributed by atoms with E-state index in [0.717, 1.165) is 17.7 Å². The Bertz CT molecular complexity index is 1370. The minimum absolute atomic E-state index is 0.0683. The zero-order valence-electron chi connectivity index (χ0n) is 20.5. The van der Waals surface area contributed by atoms with E-state index in [1.165, 1.54) is 30.8 Å². The lowest BCUT2D eigenvalue weighted by molar-refractivity contribution is -0.139. The van der Waals surface area contributed by atoms with Crippen molar-refractivity contribution in [3.8, 4) is 22.6 Å². The van der Waals surface area contributed by atoms with Gasteiger partial charge < -0.3 is 14.6 Å². The largest absolute Gasteiger partial charge is 0.486 e. The number of carboxylic acid groups (broad SMARTS) is 1. The molecule has 1 heterocycles. The van der Waals surface area contributed by atoms with Crippen LogP contribution in [0.4, 0.5) is 13.2 Å². The third-order valence-corrected chi connectivity index (χ3v) is 6.95. The minimum atomic E-state index is -4.39. The van der Waals surface area contributed by atoms with Crippen molar-refractivity contribution in [1.82, 2.24) is 0 Å². The maximum Gasteiger partial charge on any atom is 0.416 e. The van der Waals surface area contributed by atoms with Gasteiger partial charge in [-0.05, 0) is 54.8 Å². The maximum absolute atomic E-state index is 12.9. The van der Waals surface area contributed by atoms with E-state index in [1.807, 2.05) is 0 Å². The normalized spacial score (nSPS) is 15.2. The molecule has 1 unspecified atom stereocenters. The highest BCUT2D eigenvalue weighted by Crippen LogP contribution is 2.38. The Morgan fingerprint density at radius 1 is 1.03 bits per heavy atom. The van der Waals surface area contributed by atoms with Crippen LogP contribution in [0.1, 0.15) is 40.0 Å². The van der Waals surface area contributed by atoms with Gasteiger partial charge in [0.1, 0.15) is 23.1 Å². The van der Waals surface area contributed by atoms with Gasteiger partial charge in [-0.3, -0.25) is 9.79 Å². The highest BCUT2D eigenvalue weighted by molar-refractivity contribution is 8.14. The molecular weight excluding hydrogens is 519 g/mol. The number of ketones is 1. The van der Waals surface area contributed by atoms with Crippen LogP contribution in [-0.2, 0) is 11.0 Å². The van der Waals surface area contributed by atoms with E-state index < -0.39 is 24.3 Å². The van der Waals surface area contributed by atoms with Crippen molar-refractivity contribution in [3.63, 3.8) is 0 Å². The van der Waals surface area contributed by atoms with Gasteiger partial charge in [0.15, 0.2) is 12.4 Å². The number of carbonyl (C=O) groups is 2. The Kier molecular flexibility index (Phi) is 8.11. The summed E-state index contributed by atoms with van der Waals surface area (Å²) >= 11 is 1.48. The van der Waals surface area contributed by atoms with Crippen LogP contribution in [0, 0.1) is 6.92 Å². The van der Waals surface area contributed by atoms with E-state index in [2.05, 4.69) is 4.99 Å². The number of Topliss-reactive ketones (excluding diaryl/α,β-unsaturated/α-hetero) is 1. The van der Waals surface area contributed by atoms with Gasteiger partial charge >= 0.3 is 12.1 Å². The van der Waals surface area contributed by atoms with Crippen LogP contribution in [-0.4, -0.2) is 40.9 Å². The number of aliphatic carboxylic acids is 1. The van der Waals surface area contributed by atoms with Crippen LogP contribution in [0.25, 0.3) is 11.1 Å². The van der Waals surface area contributed by atoms with E-state index >= 15 is 0 Å². The summed E-state index contributed by atoms with van der Waals surface area (Å²) in [5, 5.41) is 9.71. The third kappa shape index (κ3) is 6.55. The fourth-order valence-corrected chi connectivity index (χ4v) is 4.85. The molecule has 0 fully saturated rings. The number of halogens is 3. The number of aliphatic imine (C=N–C) groups is 1. The van der Waals surface area contributed by atoms with Crippen molar-refractivity contribution in [1.29, 1.82) is 0 Å². The van der Waals surface area contributed by atoms with E-state index in [9.17, 15) is 22.8 Å². The van der Waals surface area contributed by atoms with Gasteiger partial charge in [0.2, 0.25) is 0 Å². The first-order valence-electron chi connectivity index (χ1n) is 11.6. The Hall–Kier alpha value is -3.79. The molecule has 1 aliphatic heterocycles. The average Bonchev–Trinajstić information content (AvgIpc) is 3.35. The molecule has 0 spiro atoms. The van der Waals surface area contributed by atoms with Crippen molar-refractivity contribution in [2.75, 3.05) is 19.0 Å². The van der Waals surface area contributed by atoms with Crippen LogP contribution in [0.5, 0.6) is 11.5 Å². The highest BCUT2D eigenvalue weighted by Gasteiger charge is 2.30. The van der Waals surface area contributed by atoms with Gasteiger partial charge in [-0.2, -0.15) is 13.2 Å². The number of benzene rings is 3. The van der Waals surface area contributed by atoms with Gasteiger partial charge in [0.25, 0.3) is 0 Å². The fourth-order valence-electron chi connectivity index (χ4n) is 3.89. The Morgan fingerprint density at radius 2 is 1.71 bits per heavy atom. The van der Waals surface area contributed by atoms with Crippen molar-refractivity contribution in [2.24, 2.45) is 4.99 Å². The molecule has 10 heteroatoms. The molecule has 0 radical (unpaired) electrons. The summed E-state index contributed by atoms with van der Waals surface area (Å²) in [7, 11) is 0. The standard InChI is InChI=1S/C28H24F3NO5S/c1-16-11-25(22(12-24(16)37-14-27(34)35)19-5-3-18(4-6-19)17(2)33)36-13-26-32-23(15-38-26)20-7-9-21(10-8-20)28(29,30)31/h3-12,23H,13-15H2,1-2H3,(H,34,35). The zero-order chi connectivity index (χ0) is 27.4. The molecule has 1 N–H and O–H groups in total. The number of thioether (sulfide) groups is 1. The van der Waals surface area contributed by atoms with Crippen molar-refractivity contribution in [3.05, 3.63) is 82.9 Å². The SMILES string of the molecule is CC(=O)c1ccc(-c2cc(OCC(=O)O)c(C)cc2OCC2=NC(c3ccc(C(F)(F)F)cc3)CS2)cc1. The molecular formula is C28H24F3NO5S. The summed E-state index contributed by atoms with van der Waals surface area (Å²) in [5.41, 5.74) is 2.62. The van der Waals surface area contributed by atoms with E-state index in [4.69, 9.17) is 14.6 Å². The van der Waals surface area contributed by atoms with Gasteiger partial charge in [-0.1, -0.05) is 36.4 Å². The lowest BCUT2D eigenvalue weighted by atomic mass is 10.00. The minimum Gasteiger partial charge on any atom is -0.486 e. The molecule has 3 aromatic carbocycles. The third-order valence-electron chi connectivity index (χ3n) is 5.91. The number of nitrogens with zero attached hydrogens (tertiary/aromatic N) is 1. The van der Waals surface area contributed by atoms with Gasteiger partial charge in [0.05, 0.1) is 11.6 Å². The van der Waals surface area contributed by atoms with E-state index in [-0.39, 0.29) is 18.4 Å². The molecule has 4 rings (SSSR count). The number of rotatable bonds is 9. The predicted molar refractivity (Wildman–Crippen MR) is 139 cm³/mol. The first kappa shape index (κ1) is 27.3. The molecule has 0 bridgehead atoms. The quantitative estimate of drug-likeness (QED) is 0.306. The molecule has 6 nitrogen and oxygen atoms in total. The Balaban J connectivity index is 1.55. The number of ether oxygens (including phenoxy) is 2. The molecule has 3 aromatic rings. The number of aryl methyl sites for hydroxylation is 1. The highest BCUT2D eigenvalue weighted by atomic mass is 32.2. The van der Waals surface area contributed by atoms with Crippen LogP contribution in [0.15, 0.2) is 65.7 Å². The predicted octanol–water partition coefficient (Wildman–Crippen LogP) is 6.61. The summed E-state index contributed by atoms with van der Waals surface area (Å²) in [5.74, 6) is 0.323. The lowest BCUT2D eigenvalue weighted by Gasteiger charge is -2.16. The second-order valence-electron chi connectivity index (χ2n) is 8.69. The first-order chi connectivity index (χ1) is 18.0. The topological polar surface area (TPSA) is 85.2 Å². The van der Waals surface area contributed by atoms with Crippen molar-refractivity contribution >= 4 is 28.6 Å². The number of hydrogen-bond acceptors (Lipinski definition) is 6. The average molecular weight is 544 g/mol. The molecule has 0 saturated heterocycles. The van der Waals surface area contributed by atoms with Crippen LogP contribution in [0.2, 0.25) is 0 Å². The Labute approximate surface area is 221 Å². The molecule has 0 aliphatic carbocycles. The van der Waals surface area contributed by atoms with Gasteiger partial charge in [0, 0.05) is 16.9 Å². The Morgan fingerprint density at radius 3 is 2.32 bits per heavy atom. The summed E-state index contributed by atoms with van der Waals surface area (Å²) < 4.78 is 50.2. The van der Waals surface area contributed by atoms with Crippen LogP contribution >= 0.6 is 11.8 Å². The molecule has 0 saturated carbocycles. The van der Waals surface area contributed by atoms with Crippen molar-refractivity contribution < 1.29 is 37.3 Å². The molecule has 1 aliphatic rings. The lowest BCUT2D eigenvalue weighted by Crippen LogP contribution is -2.11. The van der Waals surface area contributed by atoms with Crippen molar-refractivity contribution in [2.45, 2.75) is 26.1 Å². The second kappa shape index (κ2) is 11.3. The molecule has 198 valence electrons. The first-order valence-corrected chi connectivity index (χ1v) is 12.6. The molecule has 38 heavy (non-hydrogen) atoms. The second-order valence-corrected chi connectivity index (χ2v) is 9.78. The van der Waals surface area contributed by atoms with Gasteiger partial charge in [-0.15, -0.1) is 11.8 Å². The number of alkyl halides is 3. The monoisotopic (exact) mass is 543 g/mol. The van der Waals surface area contributed by atoms with E-state index in [0.29, 0.717) is 44.5 Å². The number of carboxylic acids is 1. The summed E-state index contributed by atoms with van der Waals surface area (Å²) in [6.07, 6.45) is -4.39. The maximum atomic E-state index is 12.9. The molecule has 1 atom stereocenters. The number of hydrogen-bond donors (Lipinski definition) is 1. The van der Waals surface area contributed by atoms with E-state index in [1.54, 1.807) is 43.3 Å². The summed E-state index contributed by atoms with van der Waals surface area (Å²) in [4.78, 5) is 27.3. The molecule has 0 amide bonds. The van der Waals surface area contributed by atoms with Crippen LogP contribution < -0.4 is 9.47 Å². The summed E-state index contributed by atoms with van der Waals surface area (Å²) in [6.45, 7) is 2.90. The zero-order valence-corrected chi connectivity index (χ0v) is 21.4. The van der Waals surface area contributed by atoms with Crippen LogP contribution in [0.3, 0.4) is 0 Å². The fraction of sp³-hybridized carbons (Fsp3) is 0.250. The summed E-state index contributed by atoms with van der Waals surface area (Å²) in [6, 6.07) is 15.1. The molecule has 0 aromatic heterocycles. The van der Waals surface area contributed by atoms with Gasteiger partial charge in [-0.25, -0.2) is 4.79 Å². The number of carbonyl (C=O) groups excluding carboxylic acids is 1.